The largest absolute Gasteiger partial charge is 0.381 e. The average Bonchev–Trinajstić information content (AvgIpc) is 2.52. The summed E-state index contributed by atoms with van der Waals surface area (Å²) in [5, 5.41) is 0.937. The van der Waals surface area contributed by atoms with Crippen molar-refractivity contribution in [3.63, 3.8) is 0 Å². The molecular formula is C17H21N3O2. The molecule has 5 heteroatoms. The molecule has 1 atom stereocenters. The molecule has 3 heterocycles. The Morgan fingerprint density at radius 2 is 2.23 bits per heavy atom. The molecule has 5 nitrogen and oxygen atoms in total. The van der Waals surface area contributed by atoms with Crippen molar-refractivity contribution in [1.82, 2.24) is 14.9 Å². The molecule has 0 bridgehead atoms. The number of carbonyl (C=O) groups is 1. The molecule has 22 heavy (non-hydrogen) atoms. The molecule has 2 aromatic heterocycles. The number of hydrogen-bond donors (Lipinski definition) is 0. The van der Waals surface area contributed by atoms with Gasteiger partial charge in [0.1, 0.15) is 0 Å². The van der Waals surface area contributed by atoms with Gasteiger partial charge in [0.15, 0.2) is 0 Å². The summed E-state index contributed by atoms with van der Waals surface area (Å²) in [6.07, 6.45) is 6.11. The van der Waals surface area contributed by atoms with Crippen molar-refractivity contribution < 1.29 is 9.53 Å². The Morgan fingerprint density at radius 3 is 2.95 bits per heavy atom. The van der Waals surface area contributed by atoms with Gasteiger partial charge >= 0.3 is 0 Å². The van der Waals surface area contributed by atoms with Crippen LogP contribution in [0.25, 0.3) is 10.9 Å². The van der Waals surface area contributed by atoms with Gasteiger partial charge in [-0.05, 0) is 18.6 Å². The lowest BCUT2D eigenvalue weighted by Gasteiger charge is -2.43. The number of pyridine rings is 2. The maximum atomic E-state index is 12.8. The zero-order valence-electron chi connectivity index (χ0n) is 13.2. The van der Waals surface area contributed by atoms with Gasteiger partial charge in [-0.15, -0.1) is 0 Å². The second kappa shape index (κ2) is 5.65. The molecule has 0 saturated carbocycles. The second-order valence-corrected chi connectivity index (χ2v) is 6.52. The molecule has 1 unspecified atom stereocenters. The van der Waals surface area contributed by atoms with Crippen molar-refractivity contribution in [3.8, 4) is 0 Å². The number of amides is 1. The van der Waals surface area contributed by atoms with Crippen molar-refractivity contribution in [2.45, 2.75) is 26.4 Å². The number of methoxy groups -OCH3 is 1. The molecule has 3 rings (SSSR count). The summed E-state index contributed by atoms with van der Waals surface area (Å²) in [4.78, 5) is 23.0. The van der Waals surface area contributed by atoms with Crippen LogP contribution in [0.4, 0.5) is 0 Å². The van der Waals surface area contributed by atoms with E-state index >= 15 is 0 Å². The minimum absolute atomic E-state index is 0.0360. The number of aromatic nitrogens is 2. The van der Waals surface area contributed by atoms with E-state index in [0.29, 0.717) is 12.1 Å². The normalized spacial score (nSPS) is 21.0. The topological polar surface area (TPSA) is 55.3 Å². The zero-order valence-corrected chi connectivity index (χ0v) is 13.2. The third kappa shape index (κ3) is 2.68. The lowest BCUT2D eigenvalue weighted by Crippen LogP contribution is -2.51. The first-order valence-corrected chi connectivity index (χ1v) is 7.53. The maximum absolute atomic E-state index is 12.8. The van der Waals surface area contributed by atoms with Crippen LogP contribution in [0, 0.1) is 5.41 Å². The molecule has 0 radical (unpaired) electrons. The van der Waals surface area contributed by atoms with E-state index in [1.54, 1.807) is 25.7 Å². The Labute approximate surface area is 130 Å². The van der Waals surface area contributed by atoms with Crippen LogP contribution < -0.4 is 0 Å². The van der Waals surface area contributed by atoms with Gasteiger partial charge in [0, 0.05) is 43.4 Å². The number of nitrogens with zero attached hydrogens (tertiary/aromatic N) is 3. The predicted molar refractivity (Wildman–Crippen MR) is 84.6 cm³/mol. The lowest BCUT2D eigenvalue weighted by molar-refractivity contribution is -0.0443. The molecule has 0 aromatic carbocycles. The quantitative estimate of drug-likeness (QED) is 0.855. The van der Waals surface area contributed by atoms with Crippen LogP contribution in [0.2, 0.25) is 0 Å². The highest BCUT2D eigenvalue weighted by atomic mass is 16.5. The van der Waals surface area contributed by atoms with Crippen LogP contribution >= 0.6 is 0 Å². The fourth-order valence-electron chi connectivity index (χ4n) is 3.22. The van der Waals surface area contributed by atoms with Gasteiger partial charge in [-0.25, -0.2) is 0 Å². The fraction of sp³-hybridized carbons (Fsp3) is 0.471. The summed E-state index contributed by atoms with van der Waals surface area (Å²) in [7, 11) is 1.74. The van der Waals surface area contributed by atoms with Crippen molar-refractivity contribution >= 4 is 16.8 Å². The molecule has 1 fully saturated rings. The highest BCUT2D eigenvalue weighted by molar-refractivity contribution is 5.97. The highest BCUT2D eigenvalue weighted by Gasteiger charge is 2.37. The molecule has 1 saturated heterocycles. The van der Waals surface area contributed by atoms with E-state index in [-0.39, 0.29) is 17.4 Å². The number of piperidine rings is 1. The van der Waals surface area contributed by atoms with Crippen molar-refractivity contribution in [3.05, 3.63) is 36.3 Å². The Kier molecular flexibility index (Phi) is 3.83. The molecular weight excluding hydrogens is 278 g/mol. The number of rotatable bonds is 2. The summed E-state index contributed by atoms with van der Waals surface area (Å²) in [6, 6.07) is 3.77. The Bertz CT molecular complexity index is 699. The van der Waals surface area contributed by atoms with Crippen LogP contribution in [-0.4, -0.2) is 47.1 Å². The Balaban J connectivity index is 1.84. The van der Waals surface area contributed by atoms with E-state index in [1.165, 1.54) is 0 Å². The van der Waals surface area contributed by atoms with Gasteiger partial charge in [0.05, 0.1) is 23.4 Å². The summed E-state index contributed by atoms with van der Waals surface area (Å²) < 4.78 is 5.54. The summed E-state index contributed by atoms with van der Waals surface area (Å²) in [5.74, 6) is 0.0360. The summed E-state index contributed by atoms with van der Waals surface area (Å²) in [5.41, 5.74) is 1.39. The molecule has 1 aliphatic rings. The van der Waals surface area contributed by atoms with Gasteiger partial charge < -0.3 is 9.64 Å². The Morgan fingerprint density at radius 1 is 1.41 bits per heavy atom. The number of likely N-dealkylation sites (tertiary alicyclic amines) is 1. The Hall–Kier alpha value is -2.01. The van der Waals surface area contributed by atoms with E-state index in [9.17, 15) is 4.79 Å². The molecule has 2 aromatic rings. The molecule has 1 aliphatic heterocycles. The van der Waals surface area contributed by atoms with E-state index < -0.39 is 0 Å². The van der Waals surface area contributed by atoms with E-state index in [4.69, 9.17) is 4.74 Å². The third-order valence-corrected chi connectivity index (χ3v) is 4.44. The highest BCUT2D eigenvalue weighted by Crippen LogP contribution is 2.32. The molecule has 0 spiro atoms. The third-order valence-electron chi connectivity index (χ3n) is 4.44. The predicted octanol–water partition coefficient (Wildman–Crippen LogP) is 2.52. The SMILES string of the molecule is COC1CCN(C(=O)c2cnc3cnccc3c2)CC1(C)C. The lowest BCUT2D eigenvalue weighted by atomic mass is 9.81. The van der Waals surface area contributed by atoms with Gasteiger partial charge in [0.2, 0.25) is 0 Å². The molecule has 116 valence electrons. The molecule has 0 N–H and O–H groups in total. The van der Waals surface area contributed by atoms with E-state index in [2.05, 4.69) is 23.8 Å². The minimum Gasteiger partial charge on any atom is -0.381 e. The average molecular weight is 299 g/mol. The van der Waals surface area contributed by atoms with Crippen molar-refractivity contribution in [1.29, 1.82) is 0 Å². The summed E-state index contributed by atoms with van der Waals surface area (Å²) in [6.45, 7) is 5.70. The first-order chi connectivity index (χ1) is 10.5. The van der Waals surface area contributed by atoms with Gasteiger partial charge in [-0.3, -0.25) is 14.8 Å². The number of fused-ring (bicyclic) bond motifs is 1. The number of hydrogen-bond acceptors (Lipinski definition) is 4. The second-order valence-electron chi connectivity index (χ2n) is 6.52. The van der Waals surface area contributed by atoms with Crippen LogP contribution in [0.3, 0.4) is 0 Å². The van der Waals surface area contributed by atoms with Crippen molar-refractivity contribution in [2.24, 2.45) is 5.41 Å². The number of ether oxygens (including phenoxy) is 1. The first kappa shape index (κ1) is 14.9. The molecule has 0 aliphatic carbocycles. The van der Waals surface area contributed by atoms with Gasteiger partial charge in [0.25, 0.3) is 5.91 Å². The van der Waals surface area contributed by atoms with Crippen LogP contribution in [0.15, 0.2) is 30.7 Å². The van der Waals surface area contributed by atoms with Gasteiger partial charge in [-0.1, -0.05) is 13.8 Å². The van der Waals surface area contributed by atoms with Crippen LogP contribution in [0.1, 0.15) is 30.6 Å². The van der Waals surface area contributed by atoms with E-state index in [0.717, 1.165) is 23.9 Å². The van der Waals surface area contributed by atoms with Gasteiger partial charge in [-0.2, -0.15) is 0 Å². The smallest absolute Gasteiger partial charge is 0.255 e. The first-order valence-electron chi connectivity index (χ1n) is 7.53. The summed E-state index contributed by atoms with van der Waals surface area (Å²) >= 11 is 0. The van der Waals surface area contributed by atoms with E-state index in [1.807, 2.05) is 17.0 Å². The maximum Gasteiger partial charge on any atom is 0.255 e. The van der Waals surface area contributed by atoms with Crippen LogP contribution in [0.5, 0.6) is 0 Å². The zero-order chi connectivity index (χ0) is 15.7. The monoisotopic (exact) mass is 299 g/mol. The number of carbonyl (C=O) groups excluding carboxylic acids is 1. The fourth-order valence-corrected chi connectivity index (χ4v) is 3.22. The minimum atomic E-state index is -0.0448. The van der Waals surface area contributed by atoms with Crippen LogP contribution in [-0.2, 0) is 4.74 Å². The van der Waals surface area contributed by atoms with Crippen molar-refractivity contribution in [2.75, 3.05) is 20.2 Å². The molecule has 1 amide bonds. The standard InChI is InChI=1S/C17H21N3O2/c1-17(2)11-20(7-5-15(17)22-3)16(21)13-8-12-4-6-18-10-14(12)19-9-13/h4,6,8-10,15H,5,7,11H2,1-3H3.